The van der Waals surface area contributed by atoms with Crippen molar-refractivity contribution in [2.24, 2.45) is 5.73 Å². The Morgan fingerprint density at radius 1 is 1.29 bits per heavy atom. The van der Waals surface area contributed by atoms with E-state index >= 15 is 0 Å². The van der Waals surface area contributed by atoms with Gasteiger partial charge in [0.05, 0.1) is 40.7 Å². The van der Waals surface area contributed by atoms with E-state index in [2.05, 4.69) is 19.5 Å². The predicted octanol–water partition coefficient (Wildman–Crippen LogP) is 2.80. The number of methoxy groups -OCH3 is 1. The molecule has 0 bridgehead atoms. The average Bonchev–Trinajstić information content (AvgIpc) is 3.38. The summed E-state index contributed by atoms with van der Waals surface area (Å²) in [5.41, 5.74) is 9.08. The van der Waals surface area contributed by atoms with Crippen molar-refractivity contribution in [2.45, 2.75) is 37.8 Å². The summed E-state index contributed by atoms with van der Waals surface area (Å²) >= 11 is 1.43. The van der Waals surface area contributed by atoms with E-state index in [1.807, 2.05) is 12.3 Å². The Bertz CT molecular complexity index is 948. The van der Waals surface area contributed by atoms with Gasteiger partial charge in [-0.2, -0.15) is 0 Å². The van der Waals surface area contributed by atoms with Gasteiger partial charge in [0.15, 0.2) is 11.5 Å². The van der Waals surface area contributed by atoms with Gasteiger partial charge in [-0.3, -0.25) is 9.78 Å². The molecule has 1 amide bonds. The quantitative estimate of drug-likeness (QED) is 0.610. The van der Waals surface area contributed by atoms with Crippen molar-refractivity contribution in [3.8, 4) is 10.7 Å². The van der Waals surface area contributed by atoms with Crippen LogP contribution in [0, 0.1) is 0 Å². The van der Waals surface area contributed by atoms with Gasteiger partial charge in [-0.15, -0.1) is 11.3 Å². The summed E-state index contributed by atoms with van der Waals surface area (Å²) in [6.45, 7) is 1.24. The monoisotopic (exact) mass is 401 g/mol. The van der Waals surface area contributed by atoms with Crippen LogP contribution in [0.15, 0.2) is 24.0 Å². The molecular formula is C19H23N5O3S. The first-order valence-corrected chi connectivity index (χ1v) is 10.2. The standard InChI is InChI=1S/C19H23N5O3S/c1-26-8-9-27-13-4-2-12(3-5-13)24-7-6-14-17(24)16(18(20)25)23-19(22-14)15-10-21-11-28-15/h6-7,10-13H,2-5,8-9H2,1H3,(H2,20,25). The van der Waals surface area contributed by atoms with Crippen LogP contribution in [0.1, 0.15) is 42.2 Å². The molecule has 1 fully saturated rings. The number of primary amides is 1. The van der Waals surface area contributed by atoms with Gasteiger partial charge in [-0.05, 0) is 31.7 Å². The number of nitrogens with two attached hydrogens (primary N) is 1. The first kappa shape index (κ1) is 19.0. The highest BCUT2D eigenvalue weighted by molar-refractivity contribution is 7.13. The first-order valence-electron chi connectivity index (χ1n) is 9.35. The lowest BCUT2D eigenvalue weighted by molar-refractivity contribution is -0.00620. The zero-order valence-corrected chi connectivity index (χ0v) is 16.5. The van der Waals surface area contributed by atoms with Gasteiger partial charge in [0, 0.05) is 25.5 Å². The maximum Gasteiger partial charge on any atom is 0.269 e. The second kappa shape index (κ2) is 8.34. The lowest BCUT2D eigenvalue weighted by Gasteiger charge is -2.30. The molecule has 0 radical (unpaired) electrons. The number of rotatable bonds is 7. The predicted molar refractivity (Wildman–Crippen MR) is 106 cm³/mol. The molecule has 1 aliphatic carbocycles. The van der Waals surface area contributed by atoms with E-state index < -0.39 is 5.91 Å². The molecule has 3 heterocycles. The number of hydrogen-bond acceptors (Lipinski definition) is 7. The molecule has 0 spiro atoms. The highest BCUT2D eigenvalue weighted by Gasteiger charge is 2.26. The Hall–Kier alpha value is -2.36. The minimum atomic E-state index is -0.547. The third kappa shape index (κ3) is 3.78. The van der Waals surface area contributed by atoms with E-state index in [4.69, 9.17) is 15.2 Å². The van der Waals surface area contributed by atoms with Crippen LogP contribution in [0.5, 0.6) is 0 Å². The number of ether oxygens (including phenoxy) is 2. The molecule has 1 aliphatic rings. The second-order valence-corrected chi connectivity index (χ2v) is 7.76. The van der Waals surface area contributed by atoms with Crippen LogP contribution in [-0.2, 0) is 9.47 Å². The number of aromatic nitrogens is 4. The normalized spacial score (nSPS) is 19.9. The van der Waals surface area contributed by atoms with E-state index in [-0.39, 0.29) is 17.8 Å². The van der Waals surface area contributed by atoms with Crippen LogP contribution in [0.3, 0.4) is 0 Å². The fourth-order valence-corrected chi connectivity index (χ4v) is 4.32. The third-order valence-electron chi connectivity index (χ3n) is 5.13. The van der Waals surface area contributed by atoms with Crippen molar-refractivity contribution in [1.29, 1.82) is 0 Å². The number of carbonyl (C=O) groups is 1. The molecule has 0 unspecified atom stereocenters. The van der Waals surface area contributed by atoms with Gasteiger partial charge >= 0.3 is 0 Å². The smallest absolute Gasteiger partial charge is 0.269 e. The van der Waals surface area contributed by atoms with Crippen LogP contribution in [0.25, 0.3) is 21.7 Å². The zero-order chi connectivity index (χ0) is 19.5. The number of hydrogen-bond donors (Lipinski definition) is 1. The van der Waals surface area contributed by atoms with E-state index in [1.54, 1.807) is 18.8 Å². The van der Waals surface area contributed by atoms with E-state index in [0.717, 1.165) is 36.1 Å². The highest BCUT2D eigenvalue weighted by Crippen LogP contribution is 2.34. The molecule has 9 heteroatoms. The van der Waals surface area contributed by atoms with Crippen molar-refractivity contribution < 1.29 is 14.3 Å². The molecule has 0 aromatic carbocycles. The summed E-state index contributed by atoms with van der Waals surface area (Å²) in [6.07, 6.45) is 7.82. The van der Waals surface area contributed by atoms with Gasteiger partial charge in [-0.25, -0.2) is 9.97 Å². The molecule has 28 heavy (non-hydrogen) atoms. The Morgan fingerprint density at radius 3 is 2.79 bits per heavy atom. The number of nitrogens with zero attached hydrogens (tertiary/aromatic N) is 4. The Balaban J connectivity index is 1.60. The minimum absolute atomic E-state index is 0.261. The van der Waals surface area contributed by atoms with Crippen molar-refractivity contribution in [3.63, 3.8) is 0 Å². The summed E-state index contributed by atoms with van der Waals surface area (Å²) < 4.78 is 13.0. The summed E-state index contributed by atoms with van der Waals surface area (Å²) in [5, 5.41) is 0. The summed E-state index contributed by atoms with van der Waals surface area (Å²) in [6, 6.07) is 2.20. The second-order valence-electron chi connectivity index (χ2n) is 6.88. The largest absolute Gasteiger partial charge is 0.382 e. The lowest BCUT2D eigenvalue weighted by Crippen LogP contribution is -2.25. The third-order valence-corrected chi connectivity index (χ3v) is 5.90. The molecule has 0 saturated heterocycles. The van der Waals surface area contributed by atoms with Crippen molar-refractivity contribution >= 4 is 28.3 Å². The fourth-order valence-electron chi connectivity index (χ4n) is 3.77. The summed E-state index contributed by atoms with van der Waals surface area (Å²) in [4.78, 5) is 26.1. The van der Waals surface area contributed by atoms with Gasteiger partial charge < -0.3 is 19.8 Å². The molecule has 8 nitrogen and oxygen atoms in total. The van der Waals surface area contributed by atoms with E-state index in [1.165, 1.54) is 11.3 Å². The molecule has 3 aromatic rings. The van der Waals surface area contributed by atoms with Gasteiger partial charge in [0.25, 0.3) is 5.91 Å². The van der Waals surface area contributed by atoms with Crippen molar-refractivity contribution in [2.75, 3.05) is 20.3 Å². The van der Waals surface area contributed by atoms with Crippen molar-refractivity contribution in [1.82, 2.24) is 19.5 Å². The fraction of sp³-hybridized carbons (Fsp3) is 0.474. The Kier molecular flexibility index (Phi) is 5.65. The number of thiazole rings is 1. The summed E-state index contributed by atoms with van der Waals surface area (Å²) in [5.74, 6) is -0.0634. The summed E-state index contributed by atoms with van der Waals surface area (Å²) in [7, 11) is 1.68. The van der Waals surface area contributed by atoms with Gasteiger partial charge in [0.1, 0.15) is 0 Å². The number of carbonyl (C=O) groups excluding carboxylic acids is 1. The Labute approximate surface area is 166 Å². The van der Waals surface area contributed by atoms with Crippen LogP contribution in [0.2, 0.25) is 0 Å². The number of amides is 1. The average molecular weight is 401 g/mol. The topological polar surface area (TPSA) is 105 Å². The van der Waals surface area contributed by atoms with Crippen LogP contribution < -0.4 is 5.73 Å². The molecule has 0 aliphatic heterocycles. The maximum atomic E-state index is 12.1. The highest BCUT2D eigenvalue weighted by atomic mass is 32.1. The lowest BCUT2D eigenvalue weighted by atomic mass is 9.92. The van der Waals surface area contributed by atoms with Gasteiger partial charge in [0.2, 0.25) is 0 Å². The van der Waals surface area contributed by atoms with Gasteiger partial charge in [-0.1, -0.05) is 0 Å². The minimum Gasteiger partial charge on any atom is -0.382 e. The molecule has 0 atom stereocenters. The molecule has 2 N–H and O–H groups in total. The van der Waals surface area contributed by atoms with E-state index in [0.29, 0.717) is 24.6 Å². The van der Waals surface area contributed by atoms with E-state index in [9.17, 15) is 4.79 Å². The maximum absolute atomic E-state index is 12.1. The zero-order valence-electron chi connectivity index (χ0n) is 15.7. The molecular weight excluding hydrogens is 378 g/mol. The molecule has 3 aromatic heterocycles. The molecule has 148 valence electrons. The first-order chi connectivity index (χ1) is 13.7. The SMILES string of the molecule is COCCOC1CCC(n2ccc3nc(-c4cncs4)nc(C(N)=O)c32)CC1. The van der Waals surface area contributed by atoms with Crippen LogP contribution in [0.4, 0.5) is 0 Å². The molecule has 1 saturated carbocycles. The molecule has 4 rings (SSSR count). The van der Waals surface area contributed by atoms with Crippen LogP contribution in [-0.4, -0.2) is 51.9 Å². The Morgan fingerprint density at radius 2 is 2.11 bits per heavy atom. The van der Waals surface area contributed by atoms with Crippen LogP contribution >= 0.6 is 11.3 Å². The number of fused-ring (bicyclic) bond motifs is 1. The van der Waals surface area contributed by atoms with Crippen molar-refractivity contribution in [3.05, 3.63) is 29.7 Å².